The maximum absolute atomic E-state index is 4.40. The normalized spacial score (nSPS) is 17.5. The fourth-order valence-electron chi connectivity index (χ4n) is 3.25. The number of aliphatic imine (C=N–C) groups is 1. The number of anilines is 1. The van der Waals surface area contributed by atoms with Crippen molar-refractivity contribution in [3.63, 3.8) is 0 Å². The Morgan fingerprint density at radius 2 is 1.81 bits per heavy atom. The zero-order valence-corrected chi connectivity index (χ0v) is 19.2. The Morgan fingerprint density at radius 3 is 2.35 bits per heavy atom. The SMILES string of the molecule is CN=C(NCC(C)N(C)c1ccccc1)NC1CCN(C(C)C)CC1.I. The van der Waals surface area contributed by atoms with E-state index < -0.39 is 0 Å². The quantitative estimate of drug-likeness (QED) is 0.379. The second-order valence-corrected chi connectivity index (χ2v) is 7.30. The molecule has 6 heteroatoms. The number of guanidine groups is 1. The van der Waals surface area contributed by atoms with Crippen molar-refractivity contribution < 1.29 is 0 Å². The van der Waals surface area contributed by atoms with E-state index in [-0.39, 0.29) is 24.0 Å². The van der Waals surface area contributed by atoms with Crippen molar-refractivity contribution in [2.75, 3.05) is 38.6 Å². The van der Waals surface area contributed by atoms with Gasteiger partial charge in [0.1, 0.15) is 0 Å². The monoisotopic (exact) mass is 473 g/mol. The van der Waals surface area contributed by atoms with E-state index in [2.05, 4.69) is 83.6 Å². The summed E-state index contributed by atoms with van der Waals surface area (Å²) in [6.07, 6.45) is 2.36. The predicted molar refractivity (Wildman–Crippen MR) is 124 cm³/mol. The molecule has 5 nitrogen and oxygen atoms in total. The van der Waals surface area contributed by atoms with E-state index in [1.165, 1.54) is 31.6 Å². The molecule has 148 valence electrons. The number of nitrogens with zero attached hydrogens (tertiary/aromatic N) is 3. The van der Waals surface area contributed by atoms with Gasteiger partial charge in [-0.3, -0.25) is 4.99 Å². The molecule has 1 aliphatic heterocycles. The highest BCUT2D eigenvalue weighted by atomic mass is 127. The molecular formula is C20H36IN5. The molecule has 0 aromatic heterocycles. The number of benzene rings is 1. The first-order chi connectivity index (χ1) is 12.0. The molecule has 1 aliphatic rings. The van der Waals surface area contributed by atoms with Gasteiger partial charge in [-0.15, -0.1) is 24.0 Å². The first-order valence-corrected chi connectivity index (χ1v) is 9.50. The van der Waals surface area contributed by atoms with Crippen LogP contribution < -0.4 is 15.5 Å². The van der Waals surface area contributed by atoms with Crippen molar-refractivity contribution in [3.05, 3.63) is 30.3 Å². The molecule has 2 N–H and O–H groups in total. The molecule has 26 heavy (non-hydrogen) atoms. The first kappa shape index (κ1) is 23.0. The Morgan fingerprint density at radius 1 is 1.19 bits per heavy atom. The summed E-state index contributed by atoms with van der Waals surface area (Å²) >= 11 is 0. The van der Waals surface area contributed by atoms with Gasteiger partial charge in [-0.25, -0.2) is 0 Å². The average molecular weight is 473 g/mol. The van der Waals surface area contributed by atoms with Crippen LogP contribution in [-0.2, 0) is 0 Å². The Hall–Kier alpha value is -1.02. The van der Waals surface area contributed by atoms with Gasteiger partial charge in [0.25, 0.3) is 0 Å². The number of halogens is 1. The summed E-state index contributed by atoms with van der Waals surface area (Å²) in [6.45, 7) is 9.97. The Labute approximate surface area is 176 Å². The van der Waals surface area contributed by atoms with E-state index in [9.17, 15) is 0 Å². The van der Waals surface area contributed by atoms with Crippen LogP contribution in [0, 0.1) is 0 Å². The lowest BCUT2D eigenvalue weighted by Crippen LogP contribution is -2.51. The summed E-state index contributed by atoms with van der Waals surface area (Å²) in [4.78, 5) is 9.24. The van der Waals surface area contributed by atoms with Gasteiger partial charge < -0.3 is 20.4 Å². The third-order valence-electron chi connectivity index (χ3n) is 5.21. The zero-order valence-electron chi connectivity index (χ0n) is 16.9. The molecule has 1 heterocycles. The lowest BCUT2D eigenvalue weighted by Gasteiger charge is -2.35. The number of rotatable bonds is 6. The minimum absolute atomic E-state index is 0. The van der Waals surface area contributed by atoms with Gasteiger partial charge in [-0.05, 0) is 45.7 Å². The van der Waals surface area contributed by atoms with Crippen LogP contribution in [0.25, 0.3) is 0 Å². The first-order valence-electron chi connectivity index (χ1n) is 9.50. The standard InChI is InChI=1S/C20H35N5.HI/c1-16(2)25-13-11-18(12-14-25)23-20(21-4)22-15-17(3)24(5)19-9-7-6-8-10-19;/h6-10,16-18H,11-15H2,1-5H3,(H2,21,22,23);1H. The van der Waals surface area contributed by atoms with Gasteiger partial charge in [0, 0.05) is 57.5 Å². The number of likely N-dealkylation sites (N-methyl/N-ethyl adjacent to an activating group) is 1. The fraction of sp³-hybridized carbons (Fsp3) is 0.650. The van der Waals surface area contributed by atoms with Crippen LogP contribution in [0.1, 0.15) is 33.6 Å². The highest BCUT2D eigenvalue weighted by molar-refractivity contribution is 14.0. The van der Waals surface area contributed by atoms with E-state index in [1.807, 2.05) is 7.05 Å². The lowest BCUT2D eigenvalue weighted by molar-refractivity contribution is 0.167. The molecule has 0 spiro atoms. The van der Waals surface area contributed by atoms with Crippen molar-refractivity contribution in [2.24, 2.45) is 4.99 Å². The number of piperidine rings is 1. The number of hydrogen-bond donors (Lipinski definition) is 2. The molecule has 1 aromatic carbocycles. The molecule has 1 atom stereocenters. The topological polar surface area (TPSA) is 42.9 Å². The molecule has 0 bridgehead atoms. The summed E-state index contributed by atoms with van der Waals surface area (Å²) in [5, 5.41) is 7.08. The van der Waals surface area contributed by atoms with Crippen molar-refractivity contribution in [2.45, 2.75) is 51.7 Å². The predicted octanol–water partition coefficient (Wildman–Crippen LogP) is 3.17. The van der Waals surface area contributed by atoms with Gasteiger partial charge >= 0.3 is 0 Å². The largest absolute Gasteiger partial charge is 0.370 e. The third kappa shape index (κ3) is 6.95. The summed E-state index contributed by atoms with van der Waals surface area (Å²) in [7, 11) is 3.99. The smallest absolute Gasteiger partial charge is 0.191 e. The summed E-state index contributed by atoms with van der Waals surface area (Å²) in [5.74, 6) is 0.913. The number of likely N-dealkylation sites (tertiary alicyclic amines) is 1. The van der Waals surface area contributed by atoms with E-state index in [1.54, 1.807) is 0 Å². The Bertz CT molecular complexity index is 526. The summed E-state index contributed by atoms with van der Waals surface area (Å²) in [5.41, 5.74) is 1.24. The van der Waals surface area contributed by atoms with Crippen LogP contribution in [0.3, 0.4) is 0 Å². The van der Waals surface area contributed by atoms with E-state index in [0.29, 0.717) is 18.1 Å². The number of hydrogen-bond acceptors (Lipinski definition) is 3. The molecule has 1 aromatic rings. The van der Waals surface area contributed by atoms with Crippen molar-refractivity contribution in [3.8, 4) is 0 Å². The lowest BCUT2D eigenvalue weighted by atomic mass is 10.0. The Balaban J connectivity index is 0.00000338. The van der Waals surface area contributed by atoms with Crippen LogP contribution in [0.5, 0.6) is 0 Å². The van der Waals surface area contributed by atoms with Crippen molar-refractivity contribution >= 4 is 35.6 Å². The van der Waals surface area contributed by atoms with E-state index in [4.69, 9.17) is 0 Å². The summed E-state index contributed by atoms with van der Waals surface area (Å²) < 4.78 is 0. The van der Waals surface area contributed by atoms with Gasteiger partial charge in [0.15, 0.2) is 5.96 Å². The number of nitrogens with one attached hydrogen (secondary N) is 2. The highest BCUT2D eigenvalue weighted by Gasteiger charge is 2.21. The van der Waals surface area contributed by atoms with Crippen LogP contribution in [0.4, 0.5) is 5.69 Å². The van der Waals surface area contributed by atoms with Crippen LogP contribution >= 0.6 is 24.0 Å². The van der Waals surface area contributed by atoms with Crippen LogP contribution in [0.15, 0.2) is 35.3 Å². The van der Waals surface area contributed by atoms with E-state index in [0.717, 1.165) is 12.5 Å². The van der Waals surface area contributed by atoms with Crippen molar-refractivity contribution in [1.29, 1.82) is 0 Å². The second-order valence-electron chi connectivity index (χ2n) is 7.30. The molecule has 0 radical (unpaired) electrons. The molecule has 2 rings (SSSR count). The third-order valence-corrected chi connectivity index (χ3v) is 5.21. The Kier molecular flexibility index (Phi) is 10.3. The van der Waals surface area contributed by atoms with Crippen molar-refractivity contribution in [1.82, 2.24) is 15.5 Å². The van der Waals surface area contributed by atoms with Crippen LogP contribution in [-0.4, -0.2) is 62.7 Å². The highest BCUT2D eigenvalue weighted by Crippen LogP contribution is 2.14. The molecule has 1 fully saturated rings. The van der Waals surface area contributed by atoms with Gasteiger partial charge in [-0.1, -0.05) is 18.2 Å². The van der Waals surface area contributed by atoms with Gasteiger partial charge in [0.05, 0.1) is 0 Å². The zero-order chi connectivity index (χ0) is 18.2. The minimum atomic E-state index is 0. The second kappa shape index (κ2) is 11.6. The van der Waals surface area contributed by atoms with Gasteiger partial charge in [0.2, 0.25) is 0 Å². The maximum Gasteiger partial charge on any atom is 0.191 e. The van der Waals surface area contributed by atoms with Crippen LogP contribution in [0.2, 0.25) is 0 Å². The molecule has 1 saturated heterocycles. The molecule has 0 saturated carbocycles. The van der Waals surface area contributed by atoms with Gasteiger partial charge in [-0.2, -0.15) is 0 Å². The minimum Gasteiger partial charge on any atom is -0.370 e. The number of para-hydroxylation sites is 1. The molecule has 1 unspecified atom stereocenters. The molecular weight excluding hydrogens is 437 g/mol. The average Bonchev–Trinajstić information content (AvgIpc) is 2.65. The molecule has 0 aliphatic carbocycles. The fourth-order valence-corrected chi connectivity index (χ4v) is 3.25. The summed E-state index contributed by atoms with van der Waals surface area (Å²) in [6, 6.07) is 12.0. The molecule has 0 amide bonds. The van der Waals surface area contributed by atoms with E-state index >= 15 is 0 Å². The maximum atomic E-state index is 4.40.